The van der Waals surface area contributed by atoms with Gasteiger partial charge in [0.1, 0.15) is 0 Å². The van der Waals surface area contributed by atoms with E-state index in [1.807, 2.05) is 12.1 Å². The predicted octanol–water partition coefficient (Wildman–Crippen LogP) is 4.84. The normalized spacial score (nSPS) is 20.9. The van der Waals surface area contributed by atoms with E-state index in [0.29, 0.717) is 18.6 Å². The first kappa shape index (κ1) is 14.4. The Bertz CT molecular complexity index is 608. The van der Waals surface area contributed by atoms with Crippen LogP contribution in [0.5, 0.6) is 0 Å². The van der Waals surface area contributed by atoms with Crippen LogP contribution >= 0.6 is 11.6 Å². The summed E-state index contributed by atoms with van der Waals surface area (Å²) in [6, 6.07) is 17.1. The van der Waals surface area contributed by atoms with Crippen LogP contribution in [0, 0.1) is 0 Å². The minimum atomic E-state index is 0.532. The summed E-state index contributed by atoms with van der Waals surface area (Å²) in [5.74, 6) is 0.582. The third-order valence-corrected chi connectivity index (χ3v) is 4.44. The van der Waals surface area contributed by atoms with Gasteiger partial charge in [0, 0.05) is 23.9 Å². The first-order chi connectivity index (χ1) is 10.3. The van der Waals surface area contributed by atoms with Crippen molar-refractivity contribution in [3.05, 3.63) is 64.7 Å². The van der Waals surface area contributed by atoms with E-state index in [9.17, 15) is 0 Å². The third-order valence-electron chi connectivity index (χ3n) is 4.09. The molecular weight excluding hydrogens is 282 g/mol. The second kappa shape index (κ2) is 6.50. The molecule has 0 aromatic heterocycles. The lowest BCUT2D eigenvalue weighted by Crippen LogP contribution is -2.34. The van der Waals surface area contributed by atoms with Crippen LogP contribution in [0.1, 0.15) is 29.9 Å². The fourth-order valence-corrected chi connectivity index (χ4v) is 3.24. The molecule has 1 aliphatic carbocycles. The minimum absolute atomic E-state index is 0.532. The van der Waals surface area contributed by atoms with Crippen molar-refractivity contribution in [2.45, 2.75) is 31.4 Å². The summed E-state index contributed by atoms with van der Waals surface area (Å²) in [6.07, 6.45) is 2.27. The number of anilines is 1. The van der Waals surface area contributed by atoms with Crippen molar-refractivity contribution < 1.29 is 4.74 Å². The van der Waals surface area contributed by atoms with Gasteiger partial charge in [0.2, 0.25) is 0 Å². The van der Waals surface area contributed by atoms with Crippen molar-refractivity contribution in [3.8, 4) is 0 Å². The first-order valence-corrected chi connectivity index (χ1v) is 7.73. The molecule has 2 nitrogen and oxygen atoms in total. The zero-order valence-electron chi connectivity index (χ0n) is 12.2. The molecule has 0 unspecified atom stereocenters. The Kier molecular flexibility index (Phi) is 4.47. The van der Waals surface area contributed by atoms with Crippen molar-refractivity contribution >= 4 is 17.3 Å². The van der Waals surface area contributed by atoms with Gasteiger partial charge in [-0.15, -0.1) is 0 Å². The van der Waals surface area contributed by atoms with Gasteiger partial charge in [-0.1, -0.05) is 41.9 Å². The average Bonchev–Trinajstić information content (AvgIpc) is 2.44. The molecule has 21 heavy (non-hydrogen) atoms. The van der Waals surface area contributed by atoms with Crippen molar-refractivity contribution in [3.63, 3.8) is 0 Å². The van der Waals surface area contributed by atoms with Gasteiger partial charge in [-0.3, -0.25) is 0 Å². The molecule has 3 rings (SSSR count). The second-order valence-electron chi connectivity index (χ2n) is 5.66. The van der Waals surface area contributed by atoms with E-state index in [4.69, 9.17) is 16.3 Å². The molecule has 0 saturated heterocycles. The number of benzene rings is 2. The maximum Gasteiger partial charge on any atom is 0.0713 e. The largest absolute Gasteiger partial charge is 0.382 e. The quantitative estimate of drug-likeness (QED) is 0.853. The highest BCUT2D eigenvalue weighted by Gasteiger charge is 2.31. The summed E-state index contributed by atoms with van der Waals surface area (Å²) in [7, 11) is 1.72. The minimum Gasteiger partial charge on any atom is -0.382 e. The van der Waals surface area contributed by atoms with Crippen LogP contribution in [0.25, 0.3) is 0 Å². The Labute approximate surface area is 131 Å². The summed E-state index contributed by atoms with van der Waals surface area (Å²) in [6.45, 7) is 0.655. The zero-order valence-corrected chi connectivity index (χ0v) is 12.9. The lowest BCUT2D eigenvalue weighted by atomic mass is 9.76. The number of halogens is 1. The smallest absolute Gasteiger partial charge is 0.0713 e. The Morgan fingerprint density at radius 3 is 2.71 bits per heavy atom. The molecule has 3 heteroatoms. The van der Waals surface area contributed by atoms with E-state index in [1.165, 1.54) is 16.8 Å². The van der Waals surface area contributed by atoms with E-state index in [2.05, 4.69) is 41.7 Å². The number of ether oxygens (including phenoxy) is 1. The molecule has 1 fully saturated rings. The van der Waals surface area contributed by atoms with Gasteiger partial charge in [0.15, 0.2) is 0 Å². The molecule has 2 aromatic rings. The van der Waals surface area contributed by atoms with Crippen LogP contribution in [0.3, 0.4) is 0 Å². The van der Waals surface area contributed by atoms with Gasteiger partial charge in [-0.2, -0.15) is 0 Å². The Morgan fingerprint density at radius 1 is 1.14 bits per heavy atom. The summed E-state index contributed by atoms with van der Waals surface area (Å²) in [5.41, 5.74) is 3.65. The molecule has 110 valence electrons. The SMILES string of the molecule is COCc1cccc(NC2CC(c3ccccc3Cl)C2)c1. The maximum atomic E-state index is 6.26. The van der Waals surface area contributed by atoms with E-state index >= 15 is 0 Å². The Hall–Kier alpha value is -1.51. The van der Waals surface area contributed by atoms with Gasteiger partial charge in [-0.05, 0) is 48.1 Å². The van der Waals surface area contributed by atoms with Crippen LogP contribution in [-0.4, -0.2) is 13.2 Å². The van der Waals surface area contributed by atoms with E-state index in [0.717, 1.165) is 17.9 Å². The Balaban J connectivity index is 1.57. The molecule has 0 amide bonds. The van der Waals surface area contributed by atoms with Crippen molar-refractivity contribution in [1.29, 1.82) is 0 Å². The van der Waals surface area contributed by atoms with Gasteiger partial charge in [-0.25, -0.2) is 0 Å². The lowest BCUT2D eigenvalue weighted by molar-refractivity contribution is 0.185. The molecule has 0 heterocycles. The van der Waals surface area contributed by atoms with Crippen LogP contribution in [0.2, 0.25) is 5.02 Å². The fraction of sp³-hybridized carbons (Fsp3) is 0.333. The maximum absolute atomic E-state index is 6.26. The second-order valence-corrected chi connectivity index (χ2v) is 6.07. The molecule has 0 spiro atoms. The van der Waals surface area contributed by atoms with Crippen molar-refractivity contribution in [2.75, 3.05) is 12.4 Å². The molecule has 0 radical (unpaired) electrons. The number of hydrogen-bond acceptors (Lipinski definition) is 2. The number of rotatable bonds is 5. The van der Waals surface area contributed by atoms with Crippen LogP contribution in [-0.2, 0) is 11.3 Å². The molecule has 0 bridgehead atoms. The first-order valence-electron chi connectivity index (χ1n) is 7.35. The molecule has 0 atom stereocenters. The highest BCUT2D eigenvalue weighted by molar-refractivity contribution is 6.31. The third kappa shape index (κ3) is 3.39. The summed E-state index contributed by atoms with van der Waals surface area (Å²) < 4.78 is 5.17. The highest BCUT2D eigenvalue weighted by atomic mass is 35.5. The summed E-state index contributed by atoms with van der Waals surface area (Å²) >= 11 is 6.26. The number of methoxy groups -OCH3 is 1. The summed E-state index contributed by atoms with van der Waals surface area (Å²) in [4.78, 5) is 0. The monoisotopic (exact) mass is 301 g/mol. The molecule has 0 aliphatic heterocycles. The van der Waals surface area contributed by atoms with Crippen LogP contribution in [0.4, 0.5) is 5.69 Å². The molecular formula is C18H20ClNO. The number of hydrogen-bond donors (Lipinski definition) is 1. The highest BCUT2D eigenvalue weighted by Crippen LogP contribution is 2.41. The van der Waals surface area contributed by atoms with Crippen LogP contribution < -0.4 is 5.32 Å². The number of nitrogens with one attached hydrogen (secondary N) is 1. The molecule has 1 saturated carbocycles. The predicted molar refractivity (Wildman–Crippen MR) is 88.0 cm³/mol. The summed E-state index contributed by atoms with van der Waals surface area (Å²) in [5, 5.41) is 4.49. The standard InChI is InChI=1S/C18H20ClNO/c1-21-12-13-5-4-6-15(9-13)20-16-10-14(11-16)17-7-2-3-8-18(17)19/h2-9,14,16,20H,10-12H2,1H3. The molecule has 2 aromatic carbocycles. The topological polar surface area (TPSA) is 21.3 Å². The average molecular weight is 302 g/mol. The van der Waals surface area contributed by atoms with E-state index in [1.54, 1.807) is 7.11 Å². The van der Waals surface area contributed by atoms with Crippen molar-refractivity contribution in [2.24, 2.45) is 0 Å². The van der Waals surface area contributed by atoms with Crippen molar-refractivity contribution in [1.82, 2.24) is 0 Å². The van der Waals surface area contributed by atoms with E-state index < -0.39 is 0 Å². The molecule has 1 N–H and O–H groups in total. The van der Waals surface area contributed by atoms with Gasteiger partial charge < -0.3 is 10.1 Å². The van der Waals surface area contributed by atoms with Gasteiger partial charge in [0.25, 0.3) is 0 Å². The lowest BCUT2D eigenvalue weighted by Gasteiger charge is -2.37. The van der Waals surface area contributed by atoms with E-state index in [-0.39, 0.29) is 0 Å². The molecule has 1 aliphatic rings. The van der Waals surface area contributed by atoms with Gasteiger partial charge in [0.05, 0.1) is 6.61 Å². The van der Waals surface area contributed by atoms with Crippen LogP contribution in [0.15, 0.2) is 48.5 Å². The zero-order chi connectivity index (χ0) is 14.7. The van der Waals surface area contributed by atoms with Gasteiger partial charge >= 0.3 is 0 Å². The Morgan fingerprint density at radius 2 is 1.95 bits per heavy atom. The fourth-order valence-electron chi connectivity index (χ4n) is 2.95.